The summed E-state index contributed by atoms with van der Waals surface area (Å²) in [6.07, 6.45) is 11.9. The molecule has 0 N–H and O–H groups in total. The van der Waals surface area contributed by atoms with Gasteiger partial charge in [0, 0.05) is 37.8 Å². The van der Waals surface area contributed by atoms with Crippen LogP contribution < -0.4 is 0 Å². The number of hydrogen-bond donors (Lipinski definition) is 0. The van der Waals surface area contributed by atoms with Gasteiger partial charge in [0.15, 0.2) is 0 Å². The van der Waals surface area contributed by atoms with Gasteiger partial charge in [-0.3, -0.25) is 9.59 Å². The first kappa shape index (κ1) is 16.7. The summed E-state index contributed by atoms with van der Waals surface area (Å²) >= 11 is 0. The highest BCUT2D eigenvalue weighted by Crippen LogP contribution is 2.27. The second kappa shape index (κ2) is 8.67. The maximum Gasteiger partial charge on any atom is 0.137 e. The van der Waals surface area contributed by atoms with Crippen molar-refractivity contribution >= 4 is 11.6 Å². The molecule has 0 aromatic heterocycles. The number of carbonyl (C=O) groups excluding carboxylic acids is 2. The van der Waals surface area contributed by atoms with E-state index in [2.05, 4.69) is 4.90 Å². The van der Waals surface area contributed by atoms with Crippen molar-refractivity contribution in [2.45, 2.75) is 70.6 Å². The van der Waals surface area contributed by atoms with Crippen LogP contribution in [-0.4, -0.2) is 36.6 Å². The molecule has 0 unspecified atom stereocenters. The summed E-state index contributed by atoms with van der Waals surface area (Å²) in [6, 6.07) is 0. The van der Waals surface area contributed by atoms with E-state index in [0.29, 0.717) is 36.2 Å². The molecule has 2 saturated carbocycles. The fourth-order valence-electron chi connectivity index (χ4n) is 3.79. The summed E-state index contributed by atoms with van der Waals surface area (Å²) in [6.45, 7) is 1.63. The Labute approximate surface area is 129 Å². The molecule has 2 aliphatic carbocycles. The van der Waals surface area contributed by atoms with Crippen LogP contribution in [0.3, 0.4) is 0 Å². The Morgan fingerprint density at radius 1 is 0.762 bits per heavy atom. The monoisotopic (exact) mass is 293 g/mol. The third-order valence-corrected chi connectivity index (χ3v) is 5.35. The lowest BCUT2D eigenvalue weighted by atomic mass is 9.85. The van der Waals surface area contributed by atoms with Crippen molar-refractivity contribution in [2.75, 3.05) is 20.1 Å². The SMILES string of the molecule is CN(CCC(=O)C1CCCCC1)CCC(=O)C1CCCC1. The molecule has 0 aliphatic heterocycles. The predicted molar refractivity (Wildman–Crippen MR) is 85.3 cm³/mol. The highest BCUT2D eigenvalue weighted by atomic mass is 16.1. The average molecular weight is 293 g/mol. The zero-order valence-corrected chi connectivity index (χ0v) is 13.6. The molecule has 0 atom stereocenters. The largest absolute Gasteiger partial charge is 0.305 e. The van der Waals surface area contributed by atoms with Crippen LogP contribution >= 0.6 is 0 Å². The molecule has 2 aliphatic rings. The van der Waals surface area contributed by atoms with Crippen LogP contribution in [-0.2, 0) is 9.59 Å². The Hall–Kier alpha value is -0.700. The minimum Gasteiger partial charge on any atom is -0.305 e. The number of Topliss-reactive ketones (excluding diaryl/α,β-unsaturated/α-hetero) is 2. The van der Waals surface area contributed by atoms with Crippen LogP contribution in [0.25, 0.3) is 0 Å². The zero-order valence-electron chi connectivity index (χ0n) is 13.6. The first-order valence-electron chi connectivity index (χ1n) is 8.91. The molecule has 0 radical (unpaired) electrons. The molecular weight excluding hydrogens is 262 g/mol. The van der Waals surface area contributed by atoms with Gasteiger partial charge < -0.3 is 4.90 Å². The molecule has 0 spiro atoms. The number of rotatable bonds is 8. The molecule has 0 aromatic rings. The molecule has 0 heterocycles. The Morgan fingerprint density at radius 3 is 1.57 bits per heavy atom. The second-order valence-corrected chi connectivity index (χ2v) is 7.05. The molecule has 0 amide bonds. The first-order chi connectivity index (χ1) is 10.2. The van der Waals surface area contributed by atoms with Crippen molar-refractivity contribution in [3.05, 3.63) is 0 Å². The molecule has 0 aromatic carbocycles. The van der Waals surface area contributed by atoms with Crippen molar-refractivity contribution in [1.29, 1.82) is 0 Å². The minimum absolute atomic E-state index is 0.326. The van der Waals surface area contributed by atoms with E-state index >= 15 is 0 Å². The molecule has 3 nitrogen and oxygen atoms in total. The molecular formula is C18H31NO2. The highest BCUT2D eigenvalue weighted by Gasteiger charge is 2.23. The van der Waals surface area contributed by atoms with Gasteiger partial charge in [-0.25, -0.2) is 0 Å². The summed E-state index contributed by atoms with van der Waals surface area (Å²) < 4.78 is 0. The van der Waals surface area contributed by atoms with E-state index in [4.69, 9.17) is 0 Å². The second-order valence-electron chi connectivity index (χ2n) is 7.05. The summed E-state index contributed by atoms with van der Waals surface area (Å²) in [4.78, 5) is 26.4. The van der Waals surface area contributed by atoms with Crippen LogP contribution in [0.2, 0.25) is 0 Å². The average Bonchev–Trinajstić information content (AvgIpc) is 3.05. The van der Waals surface area contributed by atoms with Gasteiger partial charge in [0.05, 0.1) is 0 Å². The quantitative estimate of drug-likeness (QED) is 0.686. The van der Waals surface area contributed by atoms with E-state index < -0.39 is 0 Å². The molecule has 2 rings (SSSR count). The van der Waals surface area contributed by atoms with Crippen LogP contribution in [0.4, 0.5) is 0 Å². The van der Waals surface area contributed by atoms with E-state index in [1.807, 2.05) is 7.05 Å². The van der Waals surface area contributed by atoms with E-state index in [0.717, 1.165) is 38.8 Å². The van der Waals surface area contributed by atoms with E-state index in [1.54, 1.807) is 0 Å². The van der Waals surface area contributed by atoms with Crippen molar-refractivity contribution in [1.82, 2.24) is 4.90 Å². The van der Waals surface area contributed by atoms with Gasteiger partial charge >= 0.3 is 0 Å². The van der Waals surface area contributed by atoms with Crippen molar-refractivity contribution in [3.63, 3.8) is 0 Å². The summed E-state index contributed by atoms with van der Waals surface area (Å²) in [5.74, 6) is 1.55. The van der Waals surface area contributed by atoms with Gasteiger partial charge in [-0.15, -0.1) is 0 Å². The Balaban J connectivity index is 1.59. The van der Waals surface area contributed by atoms with Crippen LogP contribution in [0, 0.1) is 11.8 Å². The van der Waals surface area contributed by atoms with Gasteiger partial charge in [-0.1, -0.05) is 32.1 Å². The molecule has 3 heteroatoms. The maximum atomic E-state index is 12.2. The molecule has 0 saturated heterocycles. The molecule has 21 heavy (non-hydrogen) atoms. The number of hydrogen-bond acceptors (Lipinski definition) is 3. The third-order valence-electron chi connectivity index (χ3n) is 5.35. The highest BCUT2D eigenvalue weighted by molar-refractivity contribution is 5.82. The van der Waals surface area contributed by atoms with Crippen molar-refractivity contribution in [2.24, 2.45) is 11.8 Å². The normalized spacial score (nSPS) is 21.0. The van der Waals surface area contributed by atoms with E-state index in [-0.39, 0.29) is 0 Å². The van der Waals surface area contributed by atoms with Crippen LogP contribution in [0.15, 0.2) is 0 Å². The Bertz CT molecular complexity index is 341. The van der Waals surface area contributed by atoms with E-state index in [1.165, 1.54) is 32.1 Å². The van der Waals surface area contributed by atoms with Gasteiger partial charge in [0.25, 0.3) is 0 Å². The minimum atomic E-state index is 0.326. The Morgan fingerprint density at radius 2 is 1.14 bits per heavy atom. The number of nitrogens with zero attached hydrogens (tertiary/aromatic N) is 1. The van der Waals surface area contributed by atoms with Gasteiger partial charge in [0.2, 0.25) is 0 Å². The number of carbonyl (C=O) groups is 2. The zero-order chi connectivity index (χ0) is 15.1. The molecule has 2 fully saturated rings. The Kier molecular flexibility index (Phi) is 6.88. The summed E-state index contributed by atoms with van der Waals surface area (Å²) in [7, 11) is 2.04. The fraction of sp³-hybridized carbons (Fsp3) is 0.889. The molecule has 120 valence electrons. The molecule has 0 bridgehead atoms. The summed E-state index contributed by atoms with van der Waals surface area (Å²) in [5, 5.41) is 0. The predicted octanol–water partition coefficient (Wildman–Crippen LogP) is 3.61. The lowest BCUT2D eigenvalue weighted by Crippen LogP contribution is -2.28. The fourth-order valence-corrected chi connectivity index (χ4v) is 3.79. The van der Waals surface area contributed by atoms with Gasteiger partial charge in [-0.05, 0) is 32.7 Å². The van der Waals surface area contributed by atoms with Crippen molar-refractivity contribution in [3.8, 4) is 0 Å². The third kappa shape index (κ3) is 5.54. The standard InChI is InChI=1S/C18H31NO2/c1-19(14-12-18(21)16-9-5-6-10-16)13-11-17(20)15-7-3-2-4-8-15/h15-16H,2-14H2,1H3. The van der Waals surface area contributed by atoms with Crippen LogP contribution in [0.1, 0.15) is 70.6 Å². The van der Waals surface area contributed by atoms with Crippen molar-refractivity contribution < 1.29 is 9.59 Å². The lowest BCUT2D eigenvalue weighted by molar-refractivity contribution is -0.124. The van der Waals surface area contributed by atoms with E-state index in [9.17, 15) is 9.59 Å². The van der Waals surface area contributed by atoms with Crippen LogP contribution in [0.5, 0.6) is 0 Å². The topological polar surface area (TPSA) is 37.4 Å². The maximum absolute atomic E-state index is 12.2. The summed E-state index contributed by atoms with van der Waals surface area (Å²) in [5.41, 5.74) is 0. The smallest absolute Gasteiger partial charge is 0.137 e. The van der Waals surface area contributed by atoms with Gasteiger partial charge in [-0.2, -0.15) is 0 Å². The van der Waals surface area contributed by atoms with Gasteiger partial charge in [0.1, 0.15) is 11.6 Å². The first-order valence-corrected chi connectivity index (χ1v) is 8.91. The lowest BCUT2D eigenvalue weighted by Gasteiger charge is -2.22. The number of ketones is 2.